The predicted molar refractivity (Wildman–Crippen MR) is 97.2 cm³/mol. The lowest BCUT2D eigenvalue weighted by Gasteiger charge is -2.60. The summed E-state index contributed by atoms with van der Waals surface area (Å²) in [4.78, 5) is 31.4. The second-order valence-electron chi connectivity index (χ2n) is 9.12. The van der Waals surface area contributed by atoms with Gasteiger partial charge in [-0.3, -0.25) is 4.79 Å². The minimum absolute atomic E-state index is 0.00761. The molecule has 1 aromatic heterocycles. The monoisotopic (exact) mass is 427 g/mol. The fourth-order valence-electron chi connectivity index (χ4n) is 5.43. The molecule has 1 aromatic rings. The van der Waals surface area contributed by atoms with Gasteiger partial charge in [0.15, 0.2) is 5.69 Å². The van der Waals surface area contributed by atoms with E-state index in [0.717, 1.165) is 19.0 Å². The van der Waals surface area contributed by atoms with Gasteiger partial charge in [-0.15, -0.1) is 0 Å². The Morgan fingerprint density at radius 1 is 1.30 bits per heavy atom. The van der Waals surface area contributed by atoms with Gasteiger partial charge in [-0.25, -0.2) is 9.78 Å². The Balaban J connectivity index is 1.08. The lowest BCUT2D eigenvalue weighted by Crippen LogP contribution is -2.68. The highest BCUT2D eigenvalue weighted by atomic mass is 19.4. The molecule has 3 aliphatic heterocycles. The molecule has 4 fully saturated rings. The normalized spacial score (nSPS) is 28.6. The smallest absolute Gasteiger partial charge is 0.366 e. The summed E-state index contributed by atoms with van der Waals surface area (Å²) in [5.74, 6) is 0.164. The van der Waals surface area contributed by atoms with Crippen molar-refractivity contribution in [2.24, 2.45) is 11.3 Å². The van der Waals surface area contributed by atoms with Gasteiger partial charge in [-0.05, 0) is 25.2 Å². The van der Waals surface area contributed by atoms with Crippen LogP contribution < -0.4 is 5.32 Å². The first-order valence-electron chi connectivity index (χ1n) is 10.2. The second kappa shape index (κ2) is 6.86. The second-order valence-corrected chi connectivity index (χ2v) is 9.12. The molecule has 2 atom stereocenters. The maximum absolute atomic E-state index is 12.8. The zero-order valence-corrected chi connectivity index (χ0v) is 16.4. The number of halogens is 3. The van der Waals surface area contributed by atoms with Gasteiger partial charge in [0.25, 0.3) is 0 Å². The lowest BCUT2D eigenvalue weighted by molar-refractivity contribution is -0.141. The molecule has 0 radical (unpaired) electrons. The van der Waals surface area contributed by atoms with Crippen LogP contribution in [0.2, 0.25) is 0 Å². The first kappa shape index (κ1) is 19.7. The number of alkyl halides is 3. The summed E-state index contributed by atoms with van der Waals surface area (Å²) >= 11 is 0. The molecule has 164 valence electrons. The molecule has 30 heavy (non-hydrogen) atoms. The Bertz CT molecular complexity index is 843. The third kappa shape index (κ3) is 3.52. The third-order valence-electron chi connectivity index (χ3n) is 6.75. The van der Waals surface area contributed by atoms with E-state index in [4.69, 9.17) is 4.74 Å². The topological polar surface area (TPSA) is 79.7 Å². The highest BCUT2D eigenvalue weighted by Crippen LogP contribution is 2.52. The fraction of sp³-hybridized carbons (Fsp3) is 0.737. The minimum Gasteiger partial charge on any atom is -0.366 e. The number of nitrogens with one attached hydrogen (secondary N) is 1. The van der Waals surface area contributed by atoms with E-state index in [1.807, 2.05) is 4.90 Å². The summed E-state index contributed by atoms with van der Waals surface area (Å²) < 4.78 is 45.0. The standard InChI is InChI=1S/C19H24F3N5O3/c20-19(21,22)15-7-25(11-23-15)5-12-3-18(4-12)9-27(10-18)17(29)26-2-1-14-13(6-26)24-16(28)8-30-14/h7,11-14H,1-6,8-10H2,(H,24,28). The molecular weight excluding hydrogens is 403 g/mol. The molecule has 0 bridgehead atoms. The number of carbonyl (C=O) groups is 2. The number of morpholine rings is 1. The van der Waals surface area contributed by atoms with E-state index in [2.05, 4.69) is 10.3 Å². The molecule has 1 spiro atoms. The molecule has 8 nitrogen and oxygen atoms in total. The number of aromatic nitrogens is 2. The number of ether oxygens (including phenoxy) is 1. The summed E-state index contributed by atoms with van der Waals surface area (Å²) in [7, 11) is 0. The number of hydrogen-bond acceptors (Lipinski definition) is 4. The number of nitrogens with zero attached hydrogens (tertiary/aromatic N) is 4. The van der Waals surface area contributed by atoms with Gasteiger partial charge in [0, 0.05) is 44.3 Å². The molecular formula is C19H24F3N5O3. The Kier molecular flexibility index (Phi) is 4.49. The molecule has 5 rings (SSSR count). The van der Waals surface area contributed by atoms with Crippen molar-refractivity contribution in [1.29, 1.82) is 0 Å². The number of likely N-dealkylation sites (tertiary alicyclic amines) is 2. The van der Waals surface area contributed by atoms with E-state index < -0.39 is 11.9 Å². The number of amides is 3. The first-order chi connectivity index (χ1) is 14.2. The van der Waals surface area contributed by atoms with Crippen molar-refractivity contribution in [3.05, 3.63) is 18.2 Å². The Hall–Kier alpha value is -2.30. The summed E-state index contributed by atoms with van der Waals surface area (Å²) in [6.07, 6.45) is 0.379. The first-order valence-corrected chi connectivity index (χ1v) is 10.2. The van der Waals surface area contributed by atoms with E-state index in [0.29, 0.717) is 45.1 Å². The van der Waals surface area contributed by atoms with Crippen LogP contribution >= 0.6 is 0 Å². The van der Waals surface area contributed by atoms with E-state index in [-0.39, 0.29) is 36.1 Å². The van der Waals surface area contributed by atoms with Crippen molar-refractivity contribution >= 4 is 11.9 Å². The highest BCUT2D eigenvalue weighted by molar-refractivity contribution is 5.79. The molecule has 11 heteroatoms. The molecule has 1 saturated carbocycles. The molecule has 1 aliphatic carbocycles. The quantitative estimate of drug-likeness (QED) is 0.772. The number of piperidine rings is 1. The number of rotatable bonds is 2. The van der Waals surface area contributed by atoms with Crippen molar-refractivity contribution in [3.8, 4) is 0 Å². The molecule has 4 aliphatic rings. The van der Waals surface area contributed by atoms with Crippen molar-refractivity contribution < 1.29 is 27.5 Å². The summed E-state index contributed by atoms with van der Waals surface area (Å²) in [6.45, 7) is 3.06. The number of imidazole rings is 1. The van der Waals surface area contributed by atoms with Crippen LogP contribution in [0, 0.1) is 11.3 Å². The van der Waals surface area contributed by atoms with Crippen LogP contribution in [0.15, 0.2) is 12.5 Å². The maximum Gasteiger partial charge on any atom is 0.434 e. The molecule has 3 saturated heterocycles. The Morgan fingerprint density at radius 2 is 2.07 bits per heavy atom. The van der Waals surface area contributed by atoms with Gasteiger partial charge in [0.1, 0.15) is 6.61 Å². The zero-order chi connectivity index (χ0) is 21.1. The summed E-state index contributed by atoms with van der Waals surface area (Å²) in [5.41, 5.74) is -0.755. The van der Waals surface area contributed by atoms with Crippen LogP contribution in [0.25, 0.3) is 0 Å². The van der Waals surface area contributed by atoms with E-state index in [1.165, 1.54) is 10.9 Å². The van der Waals surface area contributed by atoms with Gasteiger partial charge in [0.05, 0.1) is 18.5 Å². The summed E-state index contributed by atoms with van der Waals surface area (Å²) in [6, 6.07) is -0.157. The average Bonchev–Trinajstić information content (AvgIpc) is 3.10. The van der Waals surface area contributed by atoms with E-state index in [9.17, 15) is 22.8 Å². The van der Waals surface area contributed by atoms with E-state index in [1.54, 1.807) is 4.90 Å². The fourth-order valence-corrected chi connectivity index (χ4v) is 5.43. The Labute approximate surface area is 171 Å². The summed E-state index contributed by atoms with van der Waals surface area (Å²) in [5, 5.41) is 2.90. The third-order valence-corrected chi connectivity index (χ3v) is 6.75. The lowest BCUT2D eigenvalue weighted by atomic mass is 9.58. The Morgan fingerprint density at radius 3 is 2.77 bits per heavy atom. The molecule has 1 N–H and O–H groups in total. The number of fused-ring (bicyclic) bond motifs is 1. The average molecular weight is 427 g/mol. The molecule has 0 aromatic carbocycles. The van der Waals surface area contributed by atoms with Gasteiger partial charge < -0.3 is 24.4 Å². The van der Waals surface area contributed by atoms with Crippen molar-refractivity contribution in [2.45, 2.75) is 44.1 Å². The number of hydrogen-bond donors (Lipinski definition) is 1. The van der Waals surface area contributed by atoms with Gasteiger partial charge in [-0.1, -0.05) is 0 Å². The maximum atomic E-state index is 12.8. The molecule has 2 unspecified atom stereocenters. The van der Waals surface area contributed by atoms with Crippen molar-refractivity contribution in [2.75, 3.05) is 32.8 Å². The van der Waals surface area contributed by atoms with Gasteiger partial charge in [0.2, 0.25) is 5.91 Å². The van der Waals surface area contributed by atoms with E-state index >= 15 is 0 Å². The minimum atomic E-state index is -4.41. The van der Waals surface area contributed by atoms with Gasteiger partial charge in [-0.2, -0.15) is 13.2 Å². The van der Waals surface area contributed by atoms with Crippen molar-refractivity contribution in [1.82, 2.24) is 24.7 Å². The van der Waals surface area contributed by atoms with Crippen LogP contribution in [-0.2, 0) is 22.3 Å². The van der Waals surface area contributed by atoms with Gasteiger partial charge >= 0.3 is 12.2 Å². The van der Waals surface area contributed by atoms with Crippen LogP contribution in [0.3, 0.4) is 0 Å². The number of urea groups is 1. The highest BCUT2D eigenvalue weighted by Gasteiger charge is 2.54. The molecule has 3 amide bonds. The zero-order valence-electron chi connectivity index (χ0n) is 16.4. The van der Waals surface area contributed by atoms with Crippen LogP contribution in [0.4, 0.5) is 18.0 Å². The van der Waals surface area contributed by atoms with Crippen LogP contribution in [0.5, 0.6) is 0 Å². The largest absolute Gasteiger partial charge is 0.434 e. The predicted octanol–water partition coefficient (Wildman–Crippen LogP) is 1.32. The SMILES string of the molecule is O=C1COC2CCN(C(=O)N3CC4(CC(Cn5cnc(C(F)(F)F)c5)C4)C3)CC2N1. The molecule has 4 heterocycles. The van der Waals surface area contributed by atoms with Crippen molar-refractivity contribution in [3.63, 3.8) is 0 Å². The van der Waals surface area contributed by atoms with Crippen LogP contribution in [0.1, 0.15) is 25.0 Å². The van der Waals surface area contributed by atoms with Crippen LogP contribution in [-0.4, -0.2) is 76.2 Å². The number of carbonyl (C=O) groups excluding carboxylic acids is 2.